The van der Waals surface area contributed by atoms with E-state index in [2.05, 4.69) is 10.3 Å². The average Bonchev–Trinajstić information content (AvgIpc) is 2.32. The first-order valence-electron chi connectivity index (χ1n) is 5.26. The highest BCUT2D eigenvalue weighted by Crippen LogP contribution is 2.17. The lowest BCUT2D eigenvalue weighted by Crippen LogP contribution is -2.14. The van der Waals surface area contributed by atoms with Gasteiger partial charge in [-0.25, -0.2) is 4.98 Å². The van der Waals surface area contributed by atoms with Gasteiger partial charge in [-0.2, -0.15) is 0 Å². The highest BCUT2D eigenvalue weighted by atomic mass is 16.1. The van der Waals surface area contributed by atoms with Crippen LogP contribution in [0.2, 0.25) is 0 Å². The molecule has 0 atom stereocenters. The Morgan fingerprint density at radius 3 is 2.65 bits per heavy atom. The number of carbonyl (C=O) groups is 1. The van der Waals surface area contributed by atoms with Crippen LogP contribution in [0.3, 0.4) is 0 Å². The molecule has 1 aromatic carbocycles. The third kappa shape index (κ3) is 2.60. The molecule has 0 unspecified atom stereocenters. The van der Waals surface area contributed by atoms with Gasteiger partial charge in [-0.3, -0.25) is 4.79 Å². The number of hydrogen-bond donors (Lipinski definition) is 2. The molecule has 1 aromatic heterocycles. The van der Waals surface area contributed by atoms with E-state index in [4.69, 9.17) is 5.73 Å². The highest BCUT2D eigenvalue weighted by molar-refractivity contribution is 6.04. The smallest absolute Gasteiger partial charge is 0.274 e. The SMILES string of the molecule is Cc1cccc(C(=O)Nc2ccccc2N)n1. The van der Waals surface area contributed by atoms with Gasteiger partial charge in [0, 0.05) is 5.69 Å². The normalized spacial score (nSPS) is 9.94. The van der Waals surface area contributed by atoms with Gasteiger partial charge in [0.2, 0.25) is 0 Å². The lowest BCUT2D eigenvalue weighted by molar-refractivity contribution is 0.102. The van der Waals surface area contributed by atoms with Crippen LogP contribution in [0, 0.1) is 6.92 Å². The summed E-state index contributed by atoms with van der Waals surface area (Å²) in [6.45, 7) is 1.84. The average molecular weight is 227 g/mol. The van der Waals surface area contributed by atoms with Crippen molar-refractivity contribution in [2.24, 2.45) is 0 Å². The Morgan fingerprint density at radius 2 is 1.94 bits per heavy atom. The Kier molecular flexibility index (Phi) is 3.05. The molecule has 0 fully saturated rings. The molecule has 2 rings (SSSR count). The molecule has 86 valence electrons. The number of hydrogen-bond acceptors (Lipinski definition) is 3. The van der Waals surface area contributed by atoms with Crippen molar-refractivity contribution in [1.29, 1.82) is 0 Å². The van der Waals surface area contributed by atoms with E-state index in [1.54, 1.807) is 24.3 Å². The predicted molar refractivity (Wildman–Crippen MR) is 67.8 cm³/mol. The predicted octanol–water partition coefficient (Wildman–Crippen LogP) is 2.22. The van der Waals surface area contributed by atoms with Crippen LogP contribution in [0.25, 0.3) is 0 Å². The van der Waals surface area contributed by atoms with Gasteiger partial charge in [0.05, 0.1) is 11.4 Å². The minimum absolute atomic E-state index is 0.258. The molecule has 0 saturated carbocycles. The maximum Gasteiger partial charge on any atom is 0.274 e. The highest BCUT2D eigenvalue weighted by Gasteiger charge is 2.08. The number of nitrogens with two attached hydrogens (primary N) is 1. The molecule has 0 aliphatic rings. The van der Waals surface area contributed by atoms with Crippen molar-refractivity contribution in [3.8, 4) is 0 Å². The third-order valence-electron chi connectivity index (χ3n) is 2.33. The molecule has 0 radical (unpaired) electrons. The third-order valence-corrected chi connectivity index (χ3v) is 2.33. The minimum atomic E-state index is -0.258. The van der Waals surface area contributed by atoms with Crippen LogP contribution in [0.1, 0.15) is 16.2 Å². The first-order valence-corrected chi connectivity index (χ1v) is 5.26. The minimum Gasteiger partial charge on any atom is -0.397 e. The summed E-state index contributed by atoms with van der Waals surface area (Å²) in [5, 5.41) is 2.73. The van der Waals surface area contributed by atoms with Crippen LogP contribution in [-0.4, -0.2) is 10.9 Å². The van der Waals surface area contributed by atoms with Gasteiger partial charge >= 0.3 is 0 Å². The van der Waals surface area contributed by atoms with E-state index in [9.17, 15) is 4.79 Å². The molecule has 0 saturated heterocycles. The molecule has 0 spiro atoms. The summed E-state index contributed by atoms with van der Waals surface area (Å²) in [5.41, 5.74) is 8.06. The second-order valence-electron chi connectivity index (χ2n) is 3.71. The number of aryl methyl sites for hydroxylation is 1. The number of carbonyl (C=O) groups excluding carboxylic acids is 1. The maximum atomic E-state index is 11.9. The summed E-state index contributed by atoms with van der Waals surface area (Å²) < 4.78 is 0. The second-order valence-corrected chi connectivity index (χ2v) is 3.71. The van der Waals surface area contributed by atoms with E-state index in [-0.39, 0.29) is 5.91 Å². The van der Waals surface area contributed by atoms with E-state index in [1.165, 1.54) is 0 Å². The van der Waals surface area contributed by atoms with Crippen LogP contribution in [0.15, 0.2) is 42.5 Å². The van der Waals surface area contributed by atoms with Crippen molar-refractivity contribution < 1.29 is 4.79 Å². The largest absolute Gasteiger partial charge is 0.397 e. The first kappa shape index (κ1) is 11.1. The number of amides is 1. The summed E-state index contributed by atoms with van der Waals surface area (Å²) >= 11 is 0. The molecule has 2 aromatic rings. The zero-order valence-electron chi connectivity index (χ0n) is 9.47. The summed E-state index contributed by atoms with van der Waals surface area (Å²) in [6, 6.07) is 12.4. The Hall–Kier alpha value is -2.36. The number of anilines is 2. The Bertz CT molecular complexity index is 552. The zero-order valence-corrected chi connectivity index (χ0v) is 9.47. The number of aromatic nitrogens is 1. The first-order chi connectivity index (χ1) is 8.16. The monoisotopic (exact) mass is 227 g/mol. The standard InChI is InChI=1S/C13H13N3O/c1-9-5-4-8-12(15-9)13(17)16-11-7-3-2-6-10(11)14/h2-8H,14H2,1H3,(H,16,17). The molecule has 3 N–H and O–H groups in total. The fraction of sp³-hybridized carbons (Fsp3) is 0.0769. The van der Waals surface area contributed by atoms with Crippen molar-refractivity contribution in [3.63, 3.8) is 0 Å². The number of benzene rings is 1. The lowest BCUT2D eigenvalue weighted by Gasteiger charge is -2.07. The number of rotatable bonds is 2. The fourth-order valence-electron chi connectivity index (χ4n) is 1.47. The molecule has 1 amide bonds. The van der Waals surface area contributed by atoms with E-state index in [1.807, 2.05) is 25.1 Å². The molecule has 0 aliphatic heterocycles. The lowest BCUT2D eigenvalue weighted by atomic mass is 10.2. The number of nitrogen functional groups attached to an aromatic ring is 1. The molecule has 4 heteroatoms. The van der Waals surface area contributed by atoms with Gasteiger partial charge < -0.3 is 11.1 Å². The molecule has 17 heavy (non-hydrogen) atoms. The van der Waals surface area contributed by atoms with Gasteiger partial charge in [-0.15, -0.1) is 0 Å². The molecular formula is C13H13N3O. The number of nitrogens with one attached hydrogen (secondary N) is 1. The van der Waals surface area contributed by atoms with Gasteiger partial charge in [0.15, 0.2) is 0 Å². The second kappa shape index (κ2) is 4.65. The number of para-hydroxylation sites is 2. The van der Waals surface area contributed by atoms with Crippen molar-refractivity contribution >= 4 is 17.3 Å². The Labute approximate surface area is 99.5 Å². The van der Waals surface area contributed by atoms with E-state index in [0.717, 1.165) is 5.69 Å². The Balaban J connectivity index is 2.20. The zero-order chi connectivity index (χ0) is 12.3. The maximum absolute atomic E-state index is 11.9. The van der Waals surface area contributed by atoms with Crippen molar-refractivity contribution in [2.45, 2.75) is 6.92 Å². The topological polar surface area (TPSA) is 68.0 Å². The fourth-order valence-corrected chi connectivity index (χ4v) is 1.47. The van der Waals surface area contributed by atoms with Crippen molar-refractivity contribution in [1.82, 2.24) is 4.98 Å². The van der Waals surface area contributed by atoms with Crippen LogP contribution in [-0.2, 0) is 0 Å². The van der Waals surface area contributed by atoms with Crippen LogP contribution in [0.4, 0.5) is 11.4 Å². The van der Waals surface area contributed by atoms with Crippen LogP contribution >= 0.6 is 0 Å². The summed E-state index contributed by atoms with van der Waals surface area (Å²) in [6.07, 6.45) is 0. The van der Waals surface area contributed by atoms with Crippen LogP contribution < -0.4 is 11.1 Å². The molecular weight excluding hydrogens is 214 g/mol. The van der Waals surface area contributed by atoms with E-state index >= 15 is 0 Å². The van der Waals surface area contributed by atoms with Gasteiger partial charge in [-0.05, 0) is 31.2 Å². The van der Waals surface area contributed by atoms with Gasteiger partial charge in [-0.1, -0.05) is 18.2 Å². The molecule has 0 bridgehead atoms. The number of pyridine rings is 1. The summed E-state index contributed by atoms with van der Waals surface area (Å²) in [7, 11) is 0. The van der Waals surface area contributed by atoms with Gasteiger partial charge in [0.25, 0.3) is 5.91 Å². The quantitative estimate of drug-likeness (QED) is 0.773. The Morgan fingerprint density at radius 1 is 1.18 bits per heavy atom. The summed E-state index contributed by atoms with van der Waals surface area (Å²) in [4.78, 5) is 16.0. The van der Waals surface area contributed by atoms with E-state index < -0.39 is 0 Å². The molecule has 1 heterocycles. The van der Waals surface area contributed by atoms with Crippen molar-refractivity contribution in [3.05, 3.63) is 53.9 Å². The van der Waals surface area contributed by atoms with Crippen LogP contribution in [0.5, 0.6) is 0 Å². The van der Waals surface area contributed by atoms with E-state index in [0.29, 0.717) is 17.1 Å². The molecule has 4 nitrogen and oxygen atoms in total. The molecule has 0 aliphatic carbocycles. The summed E-state index contributed by atoms with van der Waals surface area (Å²) in [5.74, 6) is -0.258. The van der Waals surface area contributed by atoms with Crippen molar-refractivity contribution in [2.75, 3.05) is 11.1 Å². The van der Waals surface area contributed by atoms with Gasteiger partial charge in [0.1, 0.15) is 5.69 Å². The number of nitrogens with zero attached hydrogens (tertiary/aromatic N) is 1.